The predicted molar refractivity (Wildman–Crippen MR) is 42.6 cm³/mol. The molecule has 0 saturated heterocycles. The van der Waals surface area contributed by atoms with E-state index in [1.807, 2.05) is 13.8 Å². The lowest BCUT2D eigenvalue weighted by molar-refractivity contribution is 0.00739. The summed E-state index contributed by atoms with van der Waals surface area (Å²) in [6, 6.07) is 0. The highest BCUT2D eigenvalue weighted by Crippen LogP contribution is 2.31. The largest absolute Gasteiger partial charge is 0.390 e. The number of aliphatic hydroxyl groups is 1. The van der Waals surface area contributed by atoms with E-state index in [1.165, 1.54) is 19.3 Å². The van der Waals surface area contributed by atoms with Crippen molar-refractivity contribution in [2.45, 2.75) is 45.1 Å². The van der Waals surface area contributed by atoms with Crippen LogP contribution in [0.15, 0.2) is 0 Å². The van der Waals surface area contributed by atoms with Crippen LogP contribution in [-0.4, -0.2) is 10.7 Å². The minimum Gasteiger partial charge on any atom is -0.390 e. The van der Waals surface area contributed by atoms with Gasteiger partial charge in [-0.25, -0.2) is 0 Å². The molecule has 1 unspecified atom stereocenters. The molecule has 1 aliphatic carbocycles. The quantitative estimate of drug-likeness (QED) is 0.593. The Bertz CT molecular complexity index is 95.8. The molecule has 1 N–H and O–H groups in total. The highest BCUT2D eigenvalue weighted by atomic mass is 16.3. The van der Waals surface area contributed by atoms with Crippen molar-refractivity contribution in [1.29, 1.82) is 0 Å². The molecule has 1 rings (SSSR count). The Labute approximate surface area is 63.4 Å². The third-order valence-electron chi connectivity index (χ3n) is 2.41. The first-order valence-corrected chi connectivity index (χ1v) is 4.15. The summed E-state index contributed by atoms with van der Waals surface area (Å²) in [7, 11) is 0. The molecule has 59 valence electrons. The van der Waals surface area contributed by atoms with E-state index in [1.54, 1.807) is 0 Å². The van der Waals surface area contributed by atoms with Gasteiger partial charge in [-0.3, -0.25) is 0 Å². The van der Waals surface area contributed by atoms with Gasteiger partial charge in [0.2, 0.25) is 0 Å². The maximum absolute atomic E-state index is 9.62. The van der Waals surface area contributed by atoms with Crippen LogP contribution >= 0.6 is 0 Å². The summed E-state index contributed by atoms with van der Waals surface area (Å²) in [5.41, 5.74) is -0.461. The van der Waals surface area contributed by atoms with E-state index < -0.39 is 5.60 Å². The van der Waals surface area contributed by atoms with Crippen molar-refractivity contribution in [3.8, 4) is 0 Å². The fourth-order valence-corrected chi connectivity index (χ4v) is 1.59. The van der Waals surface area contributed by atoms with Crippen LogP contribution in [0.5, 0.6) is 0 Å². The van der Waals surface area contributed by atoms with Crippen molar-refractivity contribution in [2.75, 3.05) is 0 Å². The van der Waals surface area contributed by atoms with Crippen molar-refractivity contribution in [3.05, 3.63) is 6.42 Å². The van der Waals surface area contributed by atoms with Gasteiger partial charge in [0.25, 0.3) is 0 Å². The van der Waals surface area contributed by atoms with E-state index in [0.29, 0.717) is 5.92 Å². The molecule has 1 radical (unpaired) electrons. The summed E-state index contributed by atoms with van der Waals surface area (Å²) in [6.45, 7) is 3.83. The standard InChI is InChI=1S/C9H17O/c1-9(2,10)8-6-4-3-5-7-8/h4,8,10H,3,5-7H2,1-2H3. The second-order valence-corrected chi connectivity index (χ2v) is 3.81. The fourth-order valence-electron chi connectivity index (χ4n) is 1.59. The van der Waals surface area contributed by atoms with Crippen LogP contribution in [0, 0.1) is 12.3 Å². The lowest BCUT2D eigenvalue weighted by Gasteiger charge is -2.32. The molecule has 0 heterocycles. The van der Waals surface area contributed by atoms with Gasteiger partial charge >= 0.3 is 0 Å². The number of rotatable bonds is 1. The zero-order valence-corrected chi connectivity index (χ0v) is 6.93. The first-order chi connectivity index (χ1) is 4.61. The summed E-state index contributed by atoms with van der Waals surface area (Å²) in [6.07, 6.45) is 7.09. The fraction of sp³-hybridized carbons (Fsp3) is 0.889. The molecular formula is C9H17O. The van der Waals surface area contributed by atoms with Crippen molar-refractivity contribution in [1.82, 2.24) is 0 Å². The van der Waals surface area contributed by atoms with Gasteiger partial charge in [-0.2, -0.15) is 0 Å². The highest BCUT2D eigenvalue weighted by molar-refractivity contribution is 4.86. The Balaban J connectivity index is 2.39. The molecule has 0 aliphatic heterocycles. The second kappa shape index (κ2) is 2.91. The van der Waals surface area contributed by atoms with E-state index >= 15 is 0 Å². The average Bonchev–Trinajstić information content (AvgIpc) is 1.88. The highest BCUT2D eigenvalue weighted by Gasteiger charge is 2.27. The van der Waals surface area contributed by atoms with E-state index in [2.05, 4.69) is 6.42 Å². The van der Waals surface area contributed by atoms with Gasteiger partial charge in [-0.05, 0) is 39.0 Å². The van der Waals surface area contributed by atoms with Gasteiger partial charge in [0.1, 0.15) is 0 Å². The Morgan fingerprint density at radius 3 is 2.50 bits per heavy atom. The van der Waals surface area contributed by atoms with Gasteiger partial charge in [0.15, 0.2) is 0 Å². The molecule has 10 heavy (non-hydrogen) atoms. The third-order valence-corrected chi connectivity index (χ3v) is 2.41. The van der Waals surface area contributed by atoms with E-state index in [0.717, 1.165) is 6.42 Å². The molecule has 0 aromatic rings. The summed E-state index contributed by atoms with van der Waals surface area (Å²) in [4.78, 5) is 0. The minimum atomic E-state index is -0.461. The molecule has 0 aromatic carbocycles. The van der Waals surface area contributed by atoms with Crippen LogP contribution in [0.4, 0.5) is 0 Å². The summed E-state index contributed by atoms with van der Waals surface area (Å²) >= 11 is 0. The molecule has 1 nitrogen and oxygen atoms in total. The Kier molecular flexibility index (Phi) is 2.35. The summed E-state index contributed by atoms with van der Waals surface area (Å²) in [5.74, 6) is 0.501. The molecule has 1 heteroatoms. The maximum Gasteiger partial charge on any atom is 0.0619 e. The molecule has 0 amide bonds. The Morgan fingerprint density at radius 1 is 1.50 bits per heavy atom. The minimum absolute atomic E-state index is 0.461. The van der Waals surface area contributed by atoms with E-state index in [4.69, 9.17) is 0 Å². The molecule has 1 fully saturated rings. The van der Waals surface area contributed by atoms with Crippen LogP contribution in [0.2, 0.25) is 0 Å². The maximum atomic E-state index is 9.62. The van der Waals surface area contributed by atoms with Crippen LogP contribution in [0.3, 0.4) is 0 Å². The Hall–Kier alpha value is -0.0400. The van der Waals surface area contributed by atoms with Crippen molar-refractivity contribution in [2.24, 2.45) is 5.92 Å². The zero-order valence-electron chi connectivity index (χ0n) is 6.93. The molecule has 0 bridgehead atoms. The van der Waals surface area contributed by atoms with E-state index in [9.17, 15) is 5.11 Å². The van der Waals surface area contributed by atoms with Gasteiger partial charge in [0, 0.05) is 0 Å². The van der Waals surface area contributed by atoms with Crippen molar-refractivity contribution < 1.29 is 5.11 Å². The number of hydrogen-bond acceptors (Lipinski definition) is 1. The Morgan fingerprint density at radius 2 is 2.20 bits per heavy atom. The summed E-state index contributed by atoms with van der Waals surface area (Å²) < 4.78 is 0. The molecule has 1 saturated carbocycles. The van der Waals surface area contributed by atoms with Gasteiger partial charge in [0.05, 0.1) is 5.60 Å². The monoisotopic (exact) mass is 141 g/mol. The number of hydrogen-bond donors (Lipinski definition) is 1. The molecule has 0 aromatic heterocycles. The topological polar surface area (TPSA) is 20.2 Å². The van der Waals surface area contributed by atoms with Crippen LogP contribution < -0.4 is 0 Å². The second-order valence-electron chi connectivity index (χ2n) is 3.81. The average molecular weight is 141 g/mol. The predicted octanol–water partition coefficient (Wildman–Crippen LogP) is 2.15. The summed E-state index contributed by atoms with van der Waals surface area (Å²) in [5, 5.41) is 9.62. The molecule has 0 spiro atoms. The van der Waals surface area contributed by atoms with Crippen LogP contribution in [-0.2, 0) is 0 Å². The zero-order chi connectivity index (χ0) is 7.61. The third kappa shape index (κ3) is 1.98. The van der Waals surface area contributed by atoms with Gasteiger partial charge in [-0.15, -0.1) is 0 Å². The van der Waals surface area contributed by atoms with Crippen molar-refractivity contribution >= 4 is 0 Å². The SMILES string of the molecule is CC(C)(O)C1C[CH]CCC1. The first kappa shape index (κ1) is 8.06. The van der Waals surface area contributed by atoms with Crippen molar-refractivity contribution in [3.63, 3.8) is 0 Å². The van der Waals surface area contributed by atoms with Crippen LogP contribution in [0.25, 0.3) is 0 Å². The molecular weight excluding hydrogens is 124 g/mol. The van der Waals surface area contributed by atoms with Gasteiger partial charge < -0.3 is 5.11 Å². The molecule has 1 atom stereocenters. The smallest absolute Gasteiger partial charge is 0.0619 e. The molecule has 1 aliphatic rings. The van der Waals surface area contributed by atoms with E-state index in [-0.39, 0.29) is 0 Å². The lowest BCUT2D eigenvalue weighted by Crippen LogP contribution is -2.32. The lowest BCUT2D eigenvalue weighted by atomic mass is 9.79. The first-order valence-electron chi connectivity index (χ1n) is 4.15. The van der Waals surface area contributed by atoms with Gasteiger partial charge in [-0.1, -0.05) is 12.8 Å². The van der Waals surface area contributed by atoms with Crippen LogP contribution in [0.1, 0.15) is 39.5 Å². The normalized spacial score (nSPS) is 23.1.